The van der Waals surface area contributed by atoms with Crippen molar-refractivity contribution in [3.8, 4) is 22.8 Å². The highest BCUT2D eigenvalue weighted by Gasteiger charge is 2.15. The summed E-state index contributed by atoms with van der Waals surface area (Å²) in [6.45, 7) is 1.99. The lowest BCUT2D eigenvalue weighted by Crippen LogP contribution is -2.27. The number of ether oxygens (including phenoxy) is 2. The molecule has 0 unspecified atom stereocenters. The second-order valence-corrected chi connectivity index (χ2v) is 7.00. The zero-order valence-corrected chi connectivity index (χ0v) is 17.9. The van der Waals surface area contributed by atoms with Crippen molar-refractivity contribution in [1.82, 2.24) is 15.3 Å². The Kier molecular flexibility index (Phi) is 7.14. The van der Waals surface area contributed by atoms with E-state index in [2.05, 4.69) is 15.3 Å². The van der Waals surface area contributed by atoms with Gasteiger partial charge < -0.3 is 19.8 Å². The molecule has 2 N–H and O–H groups in total. The molecule has 3 rings (SSSR count). The van der Waals surface area contributed by atoms with Crippen molar-refractivity contribution < 1.29 is 14.3 Å². The van der Waals surface area contributed by atoms with Gasteiger partial charge in [0.05, 0.1) is 37.2 Å². The van der Waals surface area contributed by atoms with Crippen molar-refractivity contribution in [1.29, 1.82) is 0 Å². The first-order valence-corrected chi connectivity index (χ1v) is 9.94. The van der Waals surface area contributed by atoms with Gasteiger partial charge in [-0.05, 0) is 35.8 Å². The highest BCUT2D eigenvalue weighted by Crippen LogP contribution is 2.36. The van der Waals surface area contributed by atoms with Crippen LogP contribution in [0.25, 0.3) is 17.3 Å². The predicted octanol–water partition coefficient (Wildman–Crippen LogP) is 5.03. The van der Waals surface area contributed by atoms with Gasteiger partial charge in [-0.25, -0.2) is 4.98 Å². The molecule has 156 valence electrons. The van der Waals surface area contributed by atoms with E-state index in [0.29, 0.717) is 28.8 Å². The van der Waals surface area contributed by atoms with Crippen LogP contribution in [-0.4, -0.2) is 30.1 Å². The molecule has 0 radical (unpaired) electrons. The fraction of sp³-hybridized carbons (Fsp3) is 0.217. The van der Waals surface area contributed by atoms with Crippen LogP contribution in [0.3, 0.4) is 0 Å². The monoisotopic (exact) mass is 425 g/mol. The van der Waals surface area contributed by atoms with E-state index in [1.807, 2.05) is 37.3 Å². The number of hydrogen-bond acceptors (Lipinski definition) is 4. The van der Waals surface area contributed by atoms with Crippen molar-refractivity contribution in [2.45, 2.75) is 19.4 Å². The third-order valence-electron chi connectivity index (χ3n) is 4.62. The summed E-state index contributed by atoms with van der Waals surface area (Å²) >= 11 is 6.22. The Morgan fingerprint density at radius 1 is 1.23 bits per heavy atom. The number of carbonyl (C=O) groups is 1. The van der Waals surface area contributed by atoms with Gasteiger partial charge in [0.25, 0.3) is 0 Å². The third-order valence-corrected chi connectivity index (χ3v) is 4.90. The molecule has 30 heavy (non-hydrogen) atoms. The quantitative estimate of drug-likeness (QED) is 0.496. The number of aromatic nitrogens is 2. The smallest absolute Gasteiger partial charge is 0.244 e. The molecule has 1 atom stereocenters. The van der Waals surface area contributed by atoms with E-state index < -0.39 is 0 Å². The Hall–Kier alpha value is -3.25. The van der Waals surface area contributed by atoms with E-state index >= 15 is 0 Å². The van der Waals surface area contributed by atoms with E-state index in [0.717, 1.165) is 16.8 Å². The summed E-state index contributed by atoms with van der Waals surface area (Å²) in [5.41, 5.74) is 2.68. The maximum absolute atomic E-state index is 12.5. The third kappa shape index (κ3) is 5.02. The van der Waals surface area contributed by atoms with Gasteiger partial charge >= 0.3 is 0 Å². The van der Waals surface area contributed by atoms with E-state index in [4.69, 9.17) is 21.1 Å². The number of nitrogens with one attached hydrogen (secondary N) is 2. The summed E-state index contributed by atoms with van der Waals surface area (Å²) in [4.78, 5) is 20.2. The van der Waals surface area contributed by atoms with E-state index in [-0.39, 0.29) is 11.9 Å². The summed E-state index contributed by atoms with van der Waals surface area (Å²) < 4.78 is 10.5. The first-order valence-electron chi connectivity index (χ1n) is 9.56. The van der Waals surface area contributed by atoms with Gasteiger partial charge in [-0.1, -0.05) is 48.9 Å². The molecule has 0 fully saturated rings. The van der Waals surface area contributed by atoms with Gasteiger partial charge in [0.2, 0.25) is 5.91 Å². The molecule has 1 aromatic heterocycles. The number of aromatic amines is 1. The maximum atomic E-state index is 12.5. The molecule has 3 aromatic rings. The minimum atomic E-state index is -0.231. The molecule has 0 aliphatic carbocycles. The number of methoxy groups -OCH3 is 2. The highest BCUT2D eigenvalue weighted by molar-refractivity contribution is 6.32. The van der Waals surface area contributed by atoms with E-state index in [1.54, 1.807) is 24.4 Å². The molecule has 6 nitrogen and oxygen atoms in total. The van der Waals surface area contributed by atoms with E-state index in [9.17, 15) is 4.79 Å². The standard InChI is InChI=1S/C23H24ClN3O3/c1-4-18(23-25-14-19(27-23)16-8-6-5-7-9-16)26-21(28)11-10-15-12-17(24)22(30-3)20(13-15)29-2/h5-14,18H,4H2,1-3H3,(H,25,27)(H,26,28)/b11-10-/t18-/m0/s1. The minimum Gasteiger partial charge on any atom is -0.493 e. The van der Waals surface area contributed by atoms with Gasteiger partial charge in [0, 0.05) is 6.08 Å². The molecule has 0 saturated carbocycles. The number of rotatable bonds is 8. The lowest BCUT2D eigenvalue weighted by atomic mass is 10.1. The van der Waals surface area contributed by atoms with Crippen molar-refractivity contribution >= 4 is 23.6 Å². The minimum absolute atomic E-state index is 0.228. The predicted molar refractivity (Wildman–Crippen MR) is 119 cm³/mol. The molecular weight excluding hydrogens is 402 g/mol. The molecule has 0 saturated heterocycles. The molecule has 0 spiro atoms. The van der Waals surface area contributed by atoms with Crippen LogP contribution in [0.2, 0.25) is 5.02 Å². The van der Waals surface area contributed by atoms with Crippen molar-refractivity contribution in [2.75, 3.05) is 14.2 Å². The Balaban J connectivity index is 1.70. The first kappa shape index (κ1) is 21.5. The van der Waals surface area contributed by atoms with Crippen LogP contribution in [0.5, 0.6) is 11.5 Å². The Bertz CT molecular complexity index is 1030. The van der Waals surface area contributed by atoms with Crippen LogP contribution < -0.4 is 14.8 Å². The summed E-state index contributed by atoms with van der Waals surface area (Å²) in [6.07, 6.45) is 5.61. The molecule has 0 bridgehead atoms. The average molecular weight is 426 g/mol. The molecular formula is C23H24ClN3O3. The van der Waals surface area contributed by atoms with Crippen LogP contribution in [-0.2, 0) is 4.79 Å². The number of nitrogens with zero attached hydrogens (tertiary/aromatic N) is 1. The van der Waals surface area contributed by atoms with Gasteiger partial charge in [-0.15, -0.1) is 0 Å². The highest BCUT2D eigenvalue weighted by atomic mass is 35.5. The van der Waals surface area contributed by atoms with Gasteiger partial charge in [-0.3, -0.25) is 4.79 Å². The summed E-state index contributed by atoms with van der Waals surface area (Å²) in [5, 5.41) is 3.38. The van der Waals surface area contributed by atoms with Crippen molar-refractivity contribution in [3.05, 3.63) is 71.1 Å². The lowest BCUT2D eigenvalue weighted by Gasteiger charge is -2.13. The van der Waals surface area contributed by atoms with Crippen LogP contribution in [0, 0.1) is 0 Å². The Morgan fingerprint density at radius 2 is 2.00 bits per heavy atom. The van der Waals surface area contributed by atoms with Gasteiger partial charge in [0.1, 0.15) is 5.82 Å². The Labute approximate surface area is 180 Å². The number of amides is 1. The fourth-order valence-corrected chi connectivity index (χ4v) is 3.36. The molecule has 7 heteroatoms. The number of hydrogen-bond donors (Lipinski definition) is 2. The number of benzene rings is 2. The maximum Gasteiger partial charge on any atom is 0.244 e. The molecule has 0 aliphatic heterocycles. The van der Waals surface area contributed by atoms with Crippen LogP contribution >= 0.6 is 11.6 Å². The molecule has 0 aliphatic rings. The van der Waals surface area contributed by atoms with Crippen molar-refractivity contribution in [3.63, 3.8) is 0 Å². The number of H-pyrrole nitrogens is 1. The molecule has 1 amide bonds. The number of halogens is 1. The van der Waals surface area contributed by atoms with Crippen molar-refractivity contribution in [2.24, 2.45) is 0 Å². The second-order valence-electron chi connectivity index (χ2n) is 6.59. The normalized spacial score (nSPS) is 12.0. The van der Waals surface area contributed by atoms with Crippen LogP contribution in [0.15, 0.2) is 54.7 Å². The number of imidazole rings is 1. The zero-order chi connectivity index (χ0) is 21.5. The summed E-state index contributed by atoms with van der Waals surface area (Å²) in [6, 6.07) is 13.2. The zero-order valence-electron chi connectivity index (χ0n) is 17.1. The second kappa shape index (κ2) is 9.98. The van der Waals surface area contributed by atoms with E-state index in [1.165, 1.54) is 20.3 Å². The lowest BCUT2D eigenvalue weighted by molar-refractivity contribution is -0.117. The van der Waals surface area contributed by atoms with Gasteiger partial charge in [0.15, 0.2) is 11.5 Å². The Morgan fingerprint density at radius 3 is 2.67 bits per heavy atom. The summed E-state index contributed by atoms with van der Waals surface area (Å²) in [7, 11) is 3.06. The SMILES string of the molecule is CC[C@H](NC(=O)/C=C\c1cc(Cl)c(OC)c(OC)c1)c1ncc(-c2ccccc2)[nH]1. The largest absolute Gasteiger partial charge is 0.493 e. The average Bonchev–Trinajstić information content (AvgIpc) is 3.26. The number of carbonyl (C=O) groups excluding carboxylic acids is 1. The topological polar surface area (TPSA) is 76.2 Å². The fourth-order valence-electron chi connectivity index (χ4n) is 3.07. The molecule has 1 heterocycles. The van der Waals surface area contributed by atoms with Crippen LogP contribution in [0.1, 0.15) is 30.8 Å². The first-order chi connectivity index (χ1) is 14.5. The summed E-state index contributed by atoms with van der Waals surface area (Å²) in [5.74, 6) is 1.44. The van der Waals surface area contributed by atoms with Gasteiger partial charge in [-0.2, -0.15) is 0 Å². The molecule has 2 aromatic carbocycles. The van der Waals surface area contributed by atoms with Crippen LogP contribution in [0.4, 0.5) is 0 Å².